The average molecular weight is 395 g/mol. The molecule has 0 amide bonds. The minimum atomic E-state index is -1.74. The van der Waals surface area contributed by atoms with E-state index in [1.54, 1.807) is 0 Å². The highest BCUT2D eigenvalue weighted by atomic mass is 79.9. The molecule has 0 spiro atoms. The van der Waals surface area contributed by atoms with Crippen molar-refractivity contribution in [2.24, 2.45) is 0 Å². The molecule has 3 rings (SSSR count). The van der Waals surface area contributed by atoms with Crippen LogP contribution < -0.4 is 32.9 Å². The number of hydrogen-bond acceptors (Lipinski definition) is 0. The molecule has 0 bridgehead atoms. The Hall–Kier alpha value is -1.87. The number of hydrogen-bond donors (Lipinski definition) is 0. The maximum atomic E-state index is 3.38. The fraction of sp³-hybridized carbons (Fsp3) is 0.0909. The number of benzene rings is 3. The Bertz CT molecular complexity index is 705. The van der Waals surface area contributed by atoms with Crippen LogP contribution in [0.2, 0.25) is 0 Å². The molecule has 0 nitrogen and oxygen atoms in total. The highest BCUT2D eigenvalue weighted by Gasteiger charge is 2.44. The Kier molecular flexibility index (Phi) is 6.80. The van der Waals surface area contributed by atoms with Gasteiger partial charge in [-0.05, 0) is 43.3 Å². The quantitative estimate of drug-likeness (QED) is 0.457. The molecule has 0 unspecified atom stereocenters. The third-order valence-electron chi connectivity index (χ3n) is 4.08. The van der Waals surface area contributed by atoms with E-state index in [4.69, 9.17) is 0 Å². The molecule has 3 aromatic carbocycles. The number of rotatable bonds is 4. The van der Waals surface area contributed by atoms with Crippen molar-refractivity contribution in [3.8, 4) is 11.8 Å². The maximum absolute atomic E-state index is 3.38. The SMILES string of the molecule is CC#CC[P+](c1ccccc1)(c1ccccc1)c1ccccc1.[Br-]. The van der Waals surface area contributed by atoms with Crippen molar-refractivity contribution < 1.29 is 17.0 Å². The van der Waals surface area contributed by atoms with Crippen molar-refractivity contribution in [1.29, 1.82) is 0 Å². The molecule has 2 heteroatoms. The van der Waals surface area contributed by atoms with Crippen LogP contribution in [0.3, 0.4) is 0 Å². The molecule has 0 aromatic heterocycles. The van der Waals surface area contributed by atoms with Crippen molar-refractivity contribution in [3.05, 3.63) is 91.0 Å². The highest BCUT2D eigenvalue weighted by Crippen LogP contribution is 2.54. The zero-order valence-electron chi connectivity index (χ0n) is 13.7. The molecular formula is C22H20BrP. The summed E-state index contributed by atoms with van der Waals surface area (Å²) in [5.41, 5.74) is 0. The van der Waals surface area contributed by atoms with Crippen LogP contribution in [-0.4, -0.2) is 6.16 Å². The minimum absolute atomic E-state index is 0. The van der Waals surface area contributed by atoms with Gasteiger partial charge in [0.2, 0.25) is 0 Å². The third-order valence-corrected chi connectivity index (χ3v) is 8.26. The molecule has 120 valence electrons. The molecule has 0 saturated heterocycles. The topological polar surface area (TPSA) is 0 Å². The molecule has 24 heavy (non-hydrogen) atoms. The Morgan fingerprint density at radius 2 is 0.958 bits per heavy atom. The first-order chi connectivity index (χ1) is 11.4. The van der Waals surface area contributed by atoms with E-state index >= 15 is 0 Å². The van der Waals surface area contributed by atoms with Crippen molar-refractivity contribution >= 4 is 23.2 Å². The van der Waals surface area contributed by atoms with Crippen LogP contribution in [0, 0.1) is 11.8 Å². The summed E-state index contributed by atoms with van der Waals surface area (Å²) in [7, 11) is -1.74. The van der Waals surface area contributed by atoms with Gasteiger partial charge in [-0.15, -0.1) is 5.92 Å². The van der Waals surface area contributed by atoms with E-state index in [9.17, 15) is 0 Å². The molecule has 0 atom stereocenters. The minimum Gasteiger partial charge on any atom is -1.00 e. The van der Waals surface area contributed by atoms with E-state index < -0.39 is 7.26 Å². The van der Waals surface area contributed by atoms with Crippen LogP contribution in [0.4, 0.5) is 0 Å². The lowest BCUT2D eigenvalue weighted by Gasteiger charge is -2.25. The largest absolute Gasteiger partial charge is 1.00 e. The van der Waals surface area contributed by atoms with E-state index in [0.717, 1.165) is 6.16 Å². The predicted octanol–water partition coefficient (Wildman–Crippen LogP) is 1.01. The maximum Gasteiger partial charge on any atom is 0.133 e. The summed E-state index contributed by atoms with van der Waals surface area (Å²) in [4.78, 5) is 0. The Morgan fingerprint density at radius 1 is 0.625 bits per heavy atom. The van der Waals surface area contributed by atoms with Crippen molar-refractivity contribution in [2.45, 2.75) is 6.92 Å². The van der Waals surface area contributed by atoms with Gasteiger partial charge in [-0.25, -0.2) is 0 Å². The van der Waals surface area contributed by atoms with E-state index in [1.807, 2.05) is 6.92 Å². The molecule has 0 heterocycles. The molecule has 0 saturated carbocycles. The van der Waals surface area contributed by atoms with Gasteiger partial charge in [-0.1, -0.05) is 60.5 Å². The van der Waals surface area contributed by atoms with E-state index in [1.165, 1.54) is 15.9 Å². The van der Waals surface area contributed by atoms with Gasteiger partial charge < -0.3 is 17.0 Å². The monoisotopic (exact) mass is 394 g/mol. The van der Waals surface area contributed by atoms with Crippen LogP contribution in [0.25, 0.3) is 0 Å². The molecule has 0 aliphatic carbocycles. The number of halogens is 1. The summed E-state index contributed by atoms with van der Waals surface area (Å²) in [5.74, 6) is 6.49. The van der Waals surface area contributed by atoms with Gasteiger partial charge in [0.15, 0.2) is 0 Å². The van der Waals surface area contributed by atoms with E-state index in [-0.39, 0.29) is 17.0 Å². The van der Waals surface area contributed by atoms with Crippen molar-refractivity contribution in [1.82, 2.24) is 0 Å². The Morgan fingerprint density at radius 3 is 1.25 bits per heavy atom. The van der Waals surface area contributed by atoms with Gasteiger partial charge in [-0.2, -0.15) is 0 Å². The zero-order chi connectivity index (χ0) is 16.0. The molecular weight excluding hydrogens is 375 g/mol. The zero-order valence-corrected chi connectivity index (χ0v) is 16.2. The van der Waals surface area contributed by atoms with Gasteiger partial charge in [0.05, 0.1) is 0 Å². The van der Waals surface area contributed by atoms with Crippen LogP contribution in [0.15, 0.2) is 91.0 Å². The molecule has 0 N–H and O–H groups in total. The van der Waals surface area contributed by atoms with Crippen molar-refractivity contribution in [2.75, 3.05) is 6.16 Å². The third kappa shape index (κ3) is 3.62. The van der Waals surface area contributed by atoms with Crippen LogP contribution in [-0.2, 0) is 0 Å². The summed E-state index contributed by atoms with van der Waals surface area (Å²) in [6.07, 6.45) is 0.877. The first-order valence-corrected chi connectivity index (χ1v) is 9.80. The summed E-state index contributed by atoms with van der Waals surface area (Å²) < 4.78 is 0. The highest BCUT2D eigenvalue weighted by molar-refractivity contribution is 7.95. The normalized spacial score (nSPS) is 10.2. The first-order valence-electron chi connectivity index (χ1n) is 7.82. The smallest absolute Gasteiger partial charge is 0.133 e. The molecule has 3 aromatic rings. The molecule has 0 radical (unpaired) electrons. The Balaban J connectivity index is 0.00000208. The van der Waals surface area contributed by atoms with Crippen molar-refractivity contribution in [3.63, 3.8) is 0 Å². The predicted molar refractivity (Wildman–Crippen MR) is 103 cm³/mol. The summed E-state index contributed by atoms with van der Waals surface area (Å²) in [6.45, 7) is 1.93. The van der Waals surface area contributed by atoms with E-state index in [0.29, 0.717) is 0 Å². The fourth-order valence-corrected chi connectivity index (χ4v) is 6.85. The standard InChI is InChI=1S/C22H20P.BrH/c1-2-3-19-23(20-13-7-4-8-14-20,21-15-9-5-10-16-21)22-17-11-6-12-18-22;/h4-18H,19H2,1H3;1H/q+1;/p-1. The average Bonchev–Trinajstić information content (AvgIpc) is 2.65. The van der Waals surface area contributed by atoms with Gasteiger partial charge in [-0.3, -0.25) is 0 Å². The van der Waals surface area contributed by atoms with Gasteiger partial charge >= 0.3 is 0 Å². The van der Waals surface area contributed by atoms with Crippen LogP contribution >= 0.6 is 7.26 Å². The van der Waals surface area contributed by atoms with E-state index in [2.05, 4.69) is 103 Å². The van der Waals surface area contributed by atoms with Crippen LogP contribution in [0.1, 0.15) is 6.92 Å². The van der Waals surface area contributed by atoms with Gasteiger partial charge in [0.1, 0.15) is 29.3 Å². The lowest BCUT2D eigenvalue weighted by molar-refractivity contribution is -0.00000449. The lowest BCUT2D eigenvalue weighted by atomic mass is 10.4. The fourth-order valence-electron chi connectivity index (χ4n) is 2.97. The molecule has 0 fully saturated rings. The molecule has 0 aliphatic rings. The first kappa shape index (κ1) is 18.5. The van der Waals surface area contributed by atoms with Crippen LogP contribution in [0.5, 0.6) is 0 Å². The second-order valence-electron chi connectivity index (χ2n) is 5.40. The molecule has 0 aliphatic heterocycles. The summed E-state index contributed by atoms with van der Waals surface area (Å²) in [5, 5.41) is 4.17. The second-order valence-corrected chi connectivity index (χ2v) is 8.89. The lowest BCUT2D eigenvalue weighted by Crippen LogP contribution is -3.00. The second kappa shape index (κ2) is 8.84. The summed E-state index contributed by atoms with van der Waals surface area (Å²) >= 11 is 0. The van der Waals surface area contributed by atoms with Gasteiger partial charge in [0, 0.05) is 0 Å². The Labute approximate surface area is 156 Å². The summed E-state index contributed by atoms with van der Waals surface area (Å²) in [6, 6.07) is 32.6. The van der Waals surface area contributed by atoms with Gasteiger partial charge in [0.25, 0.3) is 0 Å².